The summed E-state index contributed by atoms with van der Waals surface area (Å²) < 4.78 is 11.4. The lowest BCUT2D eigenvalue weighted by Crippen LogP contribution is -2.29. The first-order valence-electron chi connectivity index (χ1n) is 6.19. The summed E-state index contributed by atoms with van der Waals surface area (Å²) in [6, 6.07) is 5.90. The Hall–Kier alpha value is -1.75. The Labute approximate surface area is 116 Å². The number of thiazole rings is 1. The largest absolute Gasteiger partial charge is 0.449 e. The van der Waals surface area contributed by atoms with Crippen molar-refractivity contribution in [3.05, 3.63) is 34.3 Å². The zero-order valence-electron chi connectivity index (χ0n) is 11.2. The third-order valence-electron chi connectivity index (χ3n) is 2.79. The lowest BCUT2D eigenvalue weighted by atomic mass is 10.3. The fraction of sp³-hybridized carbons (Fsp3) is 0.357. The molecular weight excluding hydrogens is 260 g/mol. The van der Waals surface area contributed by atoms with Crippen LogP contribution in [0.3, 0.4) is 0 Å². The Balaban J connectivity index is 1.70. The van der Waals surface area contributed by atoms with Crippen molar-refractivity contribution in [2.24, 2.45) is 0 Å². The monoisotopic (exact) mass is 276 g/mol. The van der Waals surface area contributed by atoms with Gasteiger partial charge in [-0.1, -0.05) is 0 Å². The maximum absolute atomic E-state index is 5.72. The van der Waals surface area contributed by atoms with Crippen molar-refractivity contribution in [3.63, 3.8) is 0 Å². The van der Waals surface area contributed by atoms with E-state index in [1.807, 2.05) is 45.2 Å². The van der Waals surface area contributed by atoms with Crippen molar-refractivity contribution >= 4 is 17.0 Å². The second-order valence-electron chi connectivity index (χ2n) is 4.96. The lowest BCUT2D eigenvalue weighted by Gasteiger charge is -2.16. The molecule has 1 aromatic carbocycles. The molecule has 0 saturated carbocycles. The van der Waals surface area contributed by atoms with Gasteiger partial charge in [-0.2, -0.15) is 0 Å². The molecule has 1 N–H and O–H groups in total. The number of hydrogen-bond acceptors (Lipinski definition) is 5. The van der Waals surface area contributed by atoms with Crippen LogP contribution < -0.4 is 14.8 Å². The Morgan fingerprint density at radius 2 is 2.05 bits per heavy atom. The topological polar surface area (TPSA) is 43.4 Å². The van der Waals surface area contributed by atoms with E-state index in [9.17, 15) is 0 Å². The van der Waals surface area contributed by atoms with E-state index in [-0.39, 0.29) is 0 Å². The summed E-state index contributed by atoms with van der Waals surface area (Å²) in [6.45, 7) is 6.59. The normalized spacial score (nSPS) is 15.5. The van der Waals surface area contributed by atoms with Gasteiger partial charge in [0.15, 0.2) is 11.5 Å². The van der Waals surface area contributed by atoms with Gasteiger partial charge in [-0.3, -0.25) is 0 Å². The van der Waals surface area contributed by atoms with Crippen molar-refractivity contribution in [1.82, 2.24) is 4.98 Å². The van der Waals surface area contributed by atoms with E-state index in [1.165, 1.54) is 4.88 Å². The summed E-state index contributed by atoms with van der Waals surface area (Å²) in [5, 5.41) is 4.45. The zero-order valence-corrected chi connectivity index (χ0v) is 12.0. The summed E-state index contributed by atoms with van der Waals surface area (Å²) >= 11 is 1.70. The fourth-order valence-electron chi connectivity index (χ4n) is 2.01. The number of ether oxygens (including phenoxy) is 2. The predicted molar refractivity (Wildman–Crippen MR) is 76.0 cm³/mol. The van der Waals surface area contributed by atoms with Crippen LogP contribution in [-0.4, -0.2) is 10.8 Å². The van der Waals surface area contributed by atoms with Crippen molar-refractivity contribution in [1.29, 1.82) is 0 Å². The van der Waals surface area contributed by atoms with Crippen LogP contribution in [0.15, 0.2) is 24.4 Å². The minimum atomic E-state index is -0.574. The minimum absolute atomic E-state index is 0.574. The highest BCUT2D eigenvalue weighted by Gasteiger charge is 2.31. The highest BCUT2D eigenvalue weighted by molar-refractivity contribution is 7.11. The summed E-state index contributed by atoms with van der Waals surface area (Å²) in [7, 11) is 0. The van der Waals surface area contributed by atoms with Crippen LogP contribution in [0, 0.1) is 6.92 Å². The molecule has 19 heavy (non-hydrogen) atoms. The molecule has 1 aliphatic heterocycles. The third kappa shape index (κ3) is 2.66. The van der Waals surface area contributed by atoms with E-state index in [0.717, 1.165) is 28.7 Å². The van der Waals surface area contributed by atoms with Crippen LogP contribution in [0.5, 0.6) is 11.5 Å². The molecular formula is C14H16N2O2S. The van der Waals surface area contributed by atoms with Gasteiger partial charge in [0.05, 0.1) is 11.6 Å². The Bertz CT molecular complexity index is 607. The van der Waals surface area contributed by atoms with Gasteiger partial charge in [-0.25, -0.2) is 4.98 Å². The van der Waals surface area contributed by atoms with Gasteiger partial charge in [0, 0.05) is 36.7 Å². The summed E-state index contributed by atoms with van der Waals surface area (Å²) in [5.41, 5.74) is 1.02. The Kier molecular flexibility index (Phi) is 2.86. The average Bonchev–Trinajstić information content (AvgIpc) is 2.87. The maximum atomic E-state index is 5.72. The van der Waals surface area contributed by atoms with Gasteiger partial charge in [0.25, 0.3) is 0 Å². The van der Waals surface area contributed by atoms with E-state index < -0.39 is 5.79 Å². The summed E-state index contributed by atoms with van der Waals surface area (Å²) in [5.74, 6) is 1.01. The van der Waals surface area contributed by atoms with E-state index in [2.05, 4.69) is 10.3 Å². The Morgan fingerprint density at radius 1 is 1.26 bits per heavy atom. The van der Waals surface area contributed by atoms with Crippen LogP contribution in [-0.2, 0) is 6.54 Å². The van der Waals surface area contributed by atoms with Crippen molar-refractivity contribution in [3.8, 4) is 11.5 Å². The van der Waals surface area contributed by atoms with Crippen LogP contribution in [0.4, 0.5) is 5.69 Å². The van der Waals surface area contributed by atoms with Crippen molar-refractivity contribution < 1.29 is 9.47 Å². The van der Waals surface area contributed by atoms with E-state index in [1.54, 1.807) is 11.3 Å². The quantitative estimate of drug-likeness (QED) is 0.930. The predicted octanol–water partition coefficient (Wildman–Crippen LogP) is 3.57. The molecule has 5 heteroatoms. The molecule has 0 radical (unpaired) electrons. The average molecular weight is 276 g/mol. The summed E-state index contributed by atoms with van der Waals surface area (Å²) in [4.78, 5) is 5.46. The number of fused-ring (bicyclic) bond motifs is 1. The molecule has 0 bridgehead atoms. The number of aromatic nitrogens is 1. The molecule has 0 fully saturated rings. The molecule has 2 aromatic rings. The van der Waals surface area contributed by atoms with Gasteiger partial charge in [0.1, 0.15) is 0 Å². The second kappa shape index (κ2) is 4.42. The number of hydrogen-bond donors (Lipinski definition) is 1. The highest BCUT2D eigenvalue weighted by Crippen LogP contribution is 2.40. The van der Waals surface area contributed by atoms with Gasteiger partial charge in [-0.05, 0) is 19.1 Å². The molecule has 0 atom stereocenters. The van der Waals surface area contributed by atoms with Crippen LogP contribution >= 0.6 is 11.3 Å². The van der Waals surface area contributed by atoms with Crippen LogP contribution in [0.2, 0.25) is 0 Å². The fourth-order valence-corrected chi connectivity index (χ4v) is 2.74. The lowest BCUT2D eigenvalue weighted by molar-refractivity contribution is -0.0431. The smallest absolute Gasteiger partial charge is 0.246 e. The molecule has 0 spiro atoms. The van der Waals surface area contributed by atoms with Gasteiger partial charge < -0.3 is 14.8 Å². The van der Waals surface area contributed by atoms with E-state index in [4.69, 9.17) is 9.47 Å². The first-order valence-corrected chi connectivity index (χ1v) is 7.01. The third-order valence-corrected chi connectivity index (χ3v) is 3.70. The zero-order chi connectivity index (χ0) is 13.5. The first-order chi connectivity index (χ1) is 9.02. The SMILES string of the molecule is Cc1ncc(CNc2ccc3c(c2)OC(C)(C)O3)s1. The molecule has 0 aliphatic carbocycles. The number of nitrogens with zero attached hydrogens (tertiary/aromatic N) is 1. The van der Waals surface area contributed by atoms with Crippen LogP contribution in [0.1, 0.15) is 23.7 Å². The van der Waals surface area contributed by atoms with Crippen molar-refractivity contribution in [2.45, 2.75) is 33.1 Å². The molecule has 1 aromatic heterocycles. The Morgan fingerprint density at radius 3 is 2.79 bits per heavy atom. The molecule has 2 heterocycles. The van der Waals surface area contributed by atoms with Gasteiger partial charge in [0.2, 0.25) is 5.79 Å². The van der Waals surface area contributed by atoms with Gasteiger partial charge >= 0.3 is 0 Å². The van der Waals surface area contributed by atoms with Crippen LogP contribution in [0.25, 0.3) is 0 Å². The maximum Gasteiger partial charge on any atom is 0.246 e. The number of nitrogens with one attached hydrogen (secondary N) is 1. The molecule has 100 valence electrons. The minimum Gasteiger partial charge on any atom is -0.449 e. The molecule has 0 amide bonds. The van der Waals surface area contributed by atoms with E-state index >= 15 is 0 Å². The van der Waals surface area contributed by atoms with Gasteiger partial charge in [-0.15, -0.1) is 11.3 Å². The molecule has 1 aliphatic rings. The van der Waals surface area contributed by atoms with Crippen molar-refractivity contribution in [2.75, 3.05) is 5.32 Å². The highest BCUT2D eigenvalue weighted by atomic mass is 32.1. The van der Waals surface area contributed by atoms with E-state index in [0.29, 0.717) is 0 Å². The number of benzene rings is 1. The number of anilines is 1. The molecule has 0 unspecified atom stereocenters. The summed E-state index contributed by atoms with van der Waals surface area (Å²) in [6.07, 6.45) is 1.91. The standard InChI is InChI=1S/C14H16N2O2S/c1-9-15-7-11(19-9)8-16-10-4-5-12-13(6-10)18-14(2,3)17-12/h4-7,16H,8H2,1-3H3. The first kappa shape index (κ1) is 12.3. The second-order valence-corrected chi connectivity index (χ2v) is 6.28. The molecule has 4 nitrogen and oxygen atoms in total. The number of aryl methyl sites for hydroxylation is 1. The number of rotatable bonds is 3. The molecule has 3 rings (SSSR count). The molecule has 0 saturated heterocycles.